The molecule has 5 rings (SSSR count). The van der Waals surface area contributed by atoms with Crippen LogP contribution >= 0.6 is 0 Å². The van der Waals surface area contributed by atoms with Crippen LogP contribution in [0.15, 0.2) is 56.7 Å². The first-order valence-corrected chi connectivity index (χ1v) is 10.5. The van der Waals surface area contributed by atoms with Gasteiger partial charge < -0.3 is 13.9 Å². The Hall–Kier alpha value is -3.19. The minimum atomic E-state index is -0.297. The Morgan fingerprint density at radius 2 is 1.87 bits per heavy atom. The Labute approximate surface area is 173 Å². The molecule has 1 saturated heterocycles. The fourth-order valence-corrected chi connectivity index (χ4v) is 4.54. The molecule has 1 aliphatic heterocycles. The topological polar surface area (TPSA) is 74.5 Å². The average Bonchev–Trinajstić information content (AvgIpc) is 3.28. The van der Waals surface area contributed by atoms with Gasteiger partial charge in [-0.15, -0.1) is 0 Å². The van der Waals surface area contributed by atoms with E-state index in [4.69, 9.17) is 9.40 Å². The van der Waals surface area contributed by atoms with Crippen LogP contribution in [0.3, 0.4) is 0 Å². The number of nitrogens with zero attached hydrogens (tertiary/aromatic N) is 3. The van der Waals surface area contributed by atoms with E-state index in [1.54, 1.807) is 23.0 Å². The van der Waals surface area contributed by atoms with E-state index in [0.29, 0.717) is 29.2 Å². The van der Waals surface area contributed by atoms with Crippen molar-refractivity contribution in [2.24, 2.45) is 7.05 Å². The van der Waals surface area contributed by atoms with Gasteiger partial charge in [0.25, 0.3) is 5.56 Å². The summed E-state index contributed by atoms with van der Waals surface area (Å²) in [5.41, 5.74) is 0.670. The molecule has 1 aromatic carbocycles. The second-order valence-electron chi connectivity index (χ2n) is 8.09. The van der Waals surface area contributed by atoms with Crippen LogP contribution in [0.2, 0.25) is 0 Å². The van der Waals surface area contributed by atoms with E-state index in [0.717, 1.165) is 18.6 Å². The molecule has 1 N–H and O–H groups in total. The van der Waals surface area contributed by atoms with Crippen molar-refractivity contribution in [3.8, 4) is 0 Å². The third-order valence-corrected chi connectivity index (χ3v) is 6.15. The molecule has 0 aliphatic carbocycles. The number of benzene rings is 1. The minimum Gasteiger partial charge on any atom is -0.467 e. The lowest BCUT2D eigenvalue weighted by Crippen LogP contribution is -3.11. The highest BCUT2D eigenvalue weighted by molar-refractivity contribution is 5.91. The van der Waals surface area contributed by atoms with Gasteiger partial charge in [0.1, 0.15) is 17.7 Å². The molecule has 7 heteroatoms. The number of likely N-dealkylation sites (tertiary alicyclic amines) is 1. The van der Waals surface area contributed by atoms with Gasteiger partial charge in [-0.2, -0.15) is 0 Å². The zero-order valence-electron chi connectivity index (χ0n) is 17.1. The zero-order chi connectivity index (χ0) is 20.7. The third kappa shape index (κ3) is 3.15. The van der Waals surface area contributed by atoms with Gasteiger partial charge in [0.2, 0.25) is 5.43 Å². The van der Waals surface area contributed by atoms with Gasteiger partial charge >= 0.3 is 0 Å². The monoisotopic (exact) mass is 405 g/mol. The van der Waals surface area contributed by atoms with E-state index in [9.17, 15) is 9.59 Å². The lowest BCUT2D eigenvalue weighted by Gasteiger charge is -2.24. The Kier molecular flexibility index (Phi) is 4.75. The fourth-order valence-electron chi connectivity index (χ4n) is 4.54. The number of piperidine rings is 1. The molecule has 4 aromatic rings. The van der Waals surface area contributed by atoms with Crippen molar-refractivity contribution in [1.29, 1.82) is 0 Å². The van der Waals surface area contributed by atoms with Crippen molar-refractivity contribution >= 4 is 21.9 Å². The molecule has 0 radical (unpaired) electrons. The number of hydrogen-bond acceptors (Lipinski definition) is 4. The summed E-state index contributed by atoms with van der Waals surface area (Å²) >= 11 is 0. The SMILES string of the molecule is Cn1c2ccccc2c(=O)c2c(=O)n(Cc3ccco3)c(C[NH+]3CCCCC3)nc21. The number of aromatic nitrogens is 3. The molecule has 0 bridgehead atoms. The van der Waals surface area contributed by atoms with Crippen LogP contribution < -0.4 is 15.9 Å². The quantitative estimate of drug-likeness (QED) is 0.522. The summed E-state index contributed by atoms with van der Waals surface area (Å²) in [7, 11) is 1.87. The third-order valence-electron chi connectivity index (χ3n) is 6.15. The van der Waals surface area contributed by atoms with Crippen LogP contribution in [0, 0.1) is 0 Å². The van der Waals surface area contributed by atoms with Crippen molar-refractivity contribution in [3.63, 3.8) is 0 Å². The summed E-state index contributed by atoms with van der Waals surface area (Å²) < 4.78 is 8.98. The molecule has 3 aromatic heterocycles. The molecule has 1 aliphatic rings. The summed E-state index contributed by atoms with van der Waals surface area (Å²) in [6.45, 7) is 3.08. The van der Waals surface area contributed by atoms with Crippen LogP contribution in [0.4, 0.5) is 0 Å². The first-order valence-electron chi connectivity index (χ1n) is 10.5. The Morgan fingerprint density at radius 3 is 2.63 bits per heavy atom. The predicted octanol–water partition coefficient (Wildman–Crippen LogP) is 1.46. The number of aryl methyl sites for hydroxylation is 1. The normalized spacial score (nSPS) is 15.2. The van der Waals surface area contributed by atoms with Crippen molar-refractivity contribution in [2.75, 3.05) is 13.1 Å². The van der Waals surface area contributed by atoms with Crippen LogP contribution in [-0.2, 0) is 20.1 Å². The number of para-hydroxylation sites is 1. The van der Waals surface area contributed by atoms with Crippen molar-refractivity contribution in [3.05, 3.63) is 74.8 Å². The molecule has 0 unspecified atom stereocenters. The molecule has 0 spiro atoms. The predicted molar refractivity (Wildman–Crippen MR) is 115 cm³/mol. The van der Waals surface area contributed by atoms with Crippen molar-refractivity contribution < 1.29 is 9.32 Å². The van der Waals surface area contributed by atoms with E-state index in [-0.39, 0.29) is 22.9 Å². The van der Waals surface area contributed by atoms with E-state index < -0.39 is 0 Å². The first kappa shape index (κ1) is 18.8. The lowest BCUT2D eigenvalue weighted by molar-refractivity contribution is -0.919. The van der Waals surface area contributed by atoms with Crippen LogP contribution in [-0.4, -0.2) is 27.2 Å². The molecule has 4 heterocycles. The maximum Gasteiger partial charge on any atom is 0.267 e. The number of rotatable bonds is 4. The van der Waals surface area contributed by atoms with Gasteiger partial charge in [0.05, 0.1) is 31.4 Å². The van der Waals surface area contributed by atoms with Gasteiger partial charge in [-0.3, -0.25) is 14.2 Å². The molecular formula is C23H25N4O3+. The second kappa shape index (κ2) is 7.57. The number of hydrogen-bond donors (Lipinski definition) is 1. The van der Waals surface area contributed by atoms with Gasteiger partial charge in [-0.05, 0) is 43.5 Å². The molecule has 30 heavy (non-hydrogen) atoms. The number of furan rings is 1. The second-order valence-corrected chi connectivity index (χ2v) is 8.09. The maximum absolute atomic E-state index is 13.6. The molecule has 0 atom stereocenters. The molecule has 154 valence electrons. The number of quaternary nitrogens is 1. The molecular weight excluding hydrogens is 380 g/mol. The van der Waals surface area contributed by atoms with Crippen LogP contribution in [0.1, 0.15) is 30.8 Å². The van der Waals surface area contributed by atoms with Crippen LogP contribution in [0.25, 0.3) is 21.9 Å². The summed E-state index contributed by atoms with van der Waals surface area (Å²) in [6.07, 6.45) is 5.23. The number of pyridine rings is 1. The summed E-state index contributed by atoms with van der Waals surface area (Å²) in [4.78, 5) is 33.1. The molecule has 0 saturated carbocycles. The smallest absolute Gasteiger partial charge is 0.267 e. The minimum absolute atomic E-state index is 0.139. The van der Waals surface area contributed by atoms with E-state index in [1.807, 2.05) is 35.9 Å². The number of nitrogens with one attached hydrogen (secondary N) is 1. The Balaban J connectivity index is 1.77. The zero-order valence-corrected chi connectivity index (χ0v) is 17.1. The lowest BCUT2D eigenvalue weighted by atomic mass is 10.1. The standard InChI is InChI=1S/C23H24N4O3/c1-25-18-10-4-3-9-17(18)21(28)20-22(25)24-19(15-26-11-5-2-6-12-26)27(23(20)29)14-16-8-7-13-30-16/h3-4,7-10,13H,2,5-6,11-12,14-15H2,1H3/p+1. The van der Waals surface area contributed by atoms with E-state index >= 15 is 0 Å². The molecule has 1 fully saturated rings. The van der Waals surface area contributed by atoms with E-state index in [2.05, 4.69) is 0 Å². The fraction of sp³-hybridized carbons (Fsp3) is 0.348. The summed E-state index contributed by atoms with van der Waals surface area (Å²) in [5, 5.41) is 0.672. The van der Waals surface area contributed by atoms with Gasteiger partial charge in [-0.25, -0.2) is 4.98 Å². The number of fused-ring (bicyclic) bond motifs is 2. The van der Waals surface area contributed by atoms with Gasteiger partial charge in [0, 0.05) is 12.4 Å². The maximum atomic E-state index is 13.6. The first-order chi connectivity index (χ1) is 14.6. The molecule has 7 nitrogen and oxygen atoms in total. The highest BCUT2D eigenvalue weighted by Crippen LogP contribution is 2.15. The van der Waals surface area contributed by atoms with Crippen molar-refractivity contribution in [2.45, 2.75) is 32.4 Å². The van der Waals surface area contributed by atoms with E-state index in [1.165, 1.54) is 24.2 Å². The summed E-state index contributed by atoms with van der Waals surface area (Å²) in [6, 6.07) is 11.0. The highest BCUT2D eigenvalue weighted by Gasteiger charge is 2.22. The van der Waals surface area contributed by atoms with Gasteiger partial charge in [0.15, 0.2) is 11.5 Å². The van der Waals surface area contributed by atoms with Crippen molar-refractivity contribution in [1.82, 2.24) is 14.1 Å². The van der Waals surface area contributed by atoms with Crippen LogP contribution in [0.5, 0.6) is 0 Å². The summed E-state index contributed by atoms with van der Waals surface area (Å²) in [5.74, 6) is 1.37. The largest absolute Gasteiger partial charge is 0.467 e. The Morgan fingerprint density at radius 1 is 1.07 bits per heavy atom. The Bertz CT molecular complexity index is 1330. The van der Waals surface area contributed by atoms with Gasteiger partial charge in [-0.1, -0.05) is 12.1 Å². The highest BCUT2D eigenvalue weighted by atomic mass is 16.3. The molecule has 0 amide bonds. The average molecular weight is 405 g/mol.